The van der Waals surface area contributed by atoms with E-state index in [0.717, 1.165) is 40.4 Å². The van der Waals surface area contributed by atoms with Gasteiger partial charge in [0.15, 0.2) is 0 Å². The molecule has 0 spiro atoms. The molecule has 2 N–H and O–H groups in total. The Hall–Kier alpha value is -0.640. The van der Waals surface area contributed by atoms with E-state index in [0.29, 0.717) is 19.6 Å². The predicted octanol–water partition coefficient (Wildman–Crippen LogP) is 5.71. The van der Waals surface area contributed by atoms with Crippen LogP contribution in [0.3, 0.4) is 0 Å². The summed E-state index contributed by atoms with van der Waals surface area (Å²) in [5.41, 5.74) is 1.69. The molecule has 0 saturated heterocycles. The van der Waals surface area contributed by atoms with Gasteiger partial charge in [-0.3, -0.25) is 0 Å². The number of aromatic nitrogens is 2. The Bertz CT molecular complexity index is 813. The molecule has 0 fully saturated rings. The van der Waals surface area contributed by atoms with Crippen LogP contribution < -0.4 is 10.6 Å². The van der Waals surface area contributed by atoms with Gasteiger partial charge in [-0.05, 0) is 74.7 Å². The van der Waals surface area contributed by atoms with Crippen molar-refractivity contribution >= 4 is 67.0 Å². The SMILES string of the molecule is CC(CCCOCCNc1cc(Br)cc2c1cnn2PI)NC(=O)OC(C)(C)C. The number of benzene rings is 1. The maximum atomic E-state index is 11.7. The number of hydrogen-bond donors (Lipinski definition) is 2. The van der Waals surface area contributed by atoms with Crippen LogP contribution in [-0.2, 0) is 9.47 Å². The van der Waals surface area contributed by atoms with Crippen molar-refractivity contribution in [1.29, 1.82) is 0 Å². The normalized spacial score (nSPS) is 13.2. The summed E-state index contributed by atoms with van der Waals surface area (Å²) < 4.78 is 14.0. The summed E-state index contributed by atoms with van der Waals surface area (Å²) in [6.45, 7) is 9.53. The van der Waals surface area contributed by atoms with Crippen LogP contribution >= 0.6 is 44.3 Å². The number of halogens is 2. The molecule has 0 aliphatic rings. The monoisotopic (exact) mass is 598 g/mol. The lowest BCUT2D eigenvalue weighted by Crippen LogP contribution is -2.37. The van der Waals surface area contributed by atoms with E-state index in [9.17, 15) is 4.79 Å². The molecule has 7 nitrogen and oxygen atoms in total. The van der Waals surface area contributed by atoms with Gasteiger partial charge in [-0.2, -0.15) is 5.10 Å². The van der Waals surface area contributed by atoms with Gasteiger partial charge >= 0.3 is 6.09 Å². The summed E-state index contributed by atoms with van der Waals surface area (Å²) in [5.74, 6) is 0. The summed E-state index contributed by atoms with van der Waals surface area (Å²) in [7, 11) is 0. The molecule has 0 aliphatic heterocycles. The lowest BCUT2D eigenvalue weighted by molar-refractivity contribution is 0.0502. The number of amides is 1. The quantitative estimate of drug-likeness (QED) is 0.208. The number of carbonyl (C=O) groups excluding carboxylic acids is 1. The maximum Gasteiger partial charge on any atom is 0.407 e. The number of hydrogen-bond acceptors (Lipinski definition) is 5. The highest BCUT2D eigenvalue weighted by Crippen LogP contribution is 2.33. The smallest absolute Gasteiger partial charge is 0.407 e. The van der Waals surface area contributed by atoms with E-state index < -0.39 is 5.60 Å². The summed E-state index contributed by atoms with van der Waals surface area (Å²) in [6.07, 6.45) is 3.81. The van der Waals surface area contributed by atoms with Crippen molar-refractivity contribution in [1.82, 2.24) is 14.9 Å². The Labute approximate surface area is 195 Å². The number of fused-ring (bicyclic) bond motifs is 1. The summed E-state index contributed by atoms with van der Waals surface area (Å²) in [5, 5.41) is 11.8. The van der Waals surface area contributed by atoms with Crippen molar-refractivity contribution in [2.45, 2.75) is 52.2 Å². The van der Waals surface area contributed by atoms with Crippen molar-refractivity contribution in [2.75, 3.05) is 25.1 Å². The van der Waals surface area contributed by atoms with Crippen molar-refractivity contribution in [3.8, 4) is 0 Å². The molecular weight excluding hydrogens is 570 g/mol. The standard InChI is InChI=1S/C19H29BrIN4O3P/c1-13(24-18(26)28-19(2,3)4)6-5-8-27-9-7-22-16-10-14(20)11-17-15(16)12-23-25(17)29-21/h10-13,22,29H,5-9H2,1-4H3,(H,24,26). The van der Waals surface area contributed by atoms with E-state index in [1.807, 2.05) is 38.3 Å². The number of anilines is 1. The molecule has 10 heteroatoms. The number of nitrogens with one attached hydrogen (secondary N) is 2. The minimum atomic E-state index is -0.477. The van der Waals surface area contributed by atoms with Gasteiger partial charge in [-0.1, -0.05) is 15.9 Å². The lowest BCUT2D eigenvalue weighted by Gasteiger charge is -2.21. The second-order valence-electron chi connectivity index (χ2n) is 7.76. The second kappa shape index (κ2) is 11.7. The van der Waals surface area contributed by atoms with E-state index in [1.165, 1.54) is 0 Å². The zero-order valence-electron chi connectivity index (χ0n) is 17.2. The first-order chi connectivity index (χ1) is 13.7. The third kappa shape index (κ3) is 8.55. The first-order valence-electron chi connectivity index (χ1n) is 9.54. The highest BCUT2D eigenvalue weighted by molar-refractivity contribution is 14.2. The number of rotatable bonds is 10. The van der Waals surface area contributed by atoms with E-state index in [2.05, 4.69) is 65.8 Å². The zero-order chi connectivity index (χ0) is 21.4. The zero-order valence-corrected chi connectivity index (χ0v) is 22.0. The number of nitrogens with zero attached hydrogens (tertiary/aromatic N) is 2. The fourth-order valence-corrected chi connectivity index (χ4v) is 4.71. The average Bonchev–Trinajstić information content (AvgIpc) is 3.01. The van der Waals surface area contributed by atoms with Gasteiger partial charge in [0, 0.05) is 34.7 Å². The van der Waals surface area contributed by atoms with Crippen LogP contribution in [0, 0.1) is 0 Å². The van der Waals surface area contributed by atoms with Gasteiger partial charge in [-0.15, -0.1) is 0 Å². The summed E-state index contributed by atoms with van der Waals surface area (Å²) in [4.78, 5) is 11.7. The highest BCUT2D eigenvalue weighted by Gasteiger charge is 2.17. The molecule has 1 aromatic carbocycles. The van der Waals surface area contributed by atoms with E-state index in [4.69, 9.17) is 9.47 Å². The Balaban J connectivity index is 1.65. The molecule has 1 amide bonds. The fraction of sp³-hybridized carbons (Fsp3) is 0.579. The molecule has 29 heavy (non-hydrogen) atoms. The number of alkyl carbamates (subject to hydrolysis) is 1. The third-order valence-electron chi connectivity index (χ3n) is 3.98. The molecule has 1 heterocycles. The molecule has 1 aromatic heterocycles. The molecule has 2 aromatic rings. The maximum absolute atomic E-state index is 11.7. The van der Waals surface area contributed by atoms with Crippen LogP contribution in [0.5, 0.6) is 0 Å². The fourth-order valence-electron chi connectivity index (χ4n) is 2.74. The van der Waals surface area contributed by atoms with Crippen molar-refractivity contribution in [3.63, 3.8) is 0 Å². The second-order valence-corrected chi connectivity index (χ2v) is 10.7. The third-order valence-corrected chi connectivity index (χ3v) is 6.33. The van der Waals surface area contributed by atoms with Crippen LogP contribution in [0.25, 0.3) is 10.9 Å². The van der Waals surface area contributed by atoms with Crippen molar-refractivity contribution in [3.05, 3.63) is 22.8 Å². The lowest BCUT2D eigenvalue weighted by atomic mass is 10.2. The summed E-state index contributed by atoms with van der Waals surface area (Å²) >= 11 is 5.90. The van der Waals surface area contributed by atoms with Gasteiger partial charge in [0.1, 0.15) is 5.60 Å². The average molecular weight is 599 g/mol. The van der Waals surface area contributed by atoms with Gasteiger partial charge in [0.2, 0.25) is 0 Å². The van der Waals surface area contributed by atoms with Crippen LogP contribution in [0.1, 0.15) is 40.5 Å². The predicted molar refractivity (Wildman–Crippen MR) is 133 cm³/mol. The molecule has 0 bridgehead atoms. The van der Waals surface area contributed by atoms with Crippen LogP contribution in [0.15, 0.2) is 22.8 Å². The minimum Gasteiger partial charge on any atom is -0.444 e. The molecule has 2 atom stereocenters. The van der Waals surface area contributed by atoms with Gasteiger partial charge in [-0.25, -0.2) is 9.25 Å². The first-order valence-corrected chi connectivity index (χ1v) is 14.4. The molecule has 0 radical (unpaired) electrons. The molecular formula is C19H29BrIN4O3P. The van der Waals surface area contributed by atoms with E-state index in [-0.39, 0.29) is 12.1 Å². The van der Waals surface area contributed by atoms with E-state index >= 15 is 0 Å². The van der Waals surface area contributed by atoms with Crippen LogP contribution in [0.2, 0.25) is 0 Å². The molecule has 0 aliphatic carbocycles. The Kier molecular flexibility index (Phi) is 9.91. The first kappa shape index (κ1) is 24.6. The molecule has 2 rings (SSSR count). The van der Waals surface area contributed by atoms with Crippen LogP contribution in [0.4, 0.5) is 10.5 Å². The Morgan fingerprint density at radius 2 is 2.14 bits per heavy atom. The topological polar surface area (TPSA) is 77.4 Å². The van der Waals surface area contributed by atoms with Gasteiger partial charge in [0.25, 0.3) is 0 Å². The largest absolute Gasteiger partial charge is 0.444 e. The molecule has 2 unspecified atom stereocenters. The van der Waals surface area contributed by atoms with Crippen molar-refractivity contribution in [2.24, 2.45) is 0 Å². The summed E-state index contributed by atoms with van der Waals surface area (Å²) in [6, 6.07) is 4.20. The molecule has 0 saturated carbocycles. The highest BCUT2D eigenvalue weighted by atomic mass is 127. The van der Waals surface area contributed by atoms with Crippen molar-refractivity contribution < 1.29 is 14.3 Å². The minimum absolute atomic E-state index is 0.0525. The Morgan fingerprint density at radius 1 is 1.38 bits per heavy atom. The number of carbonyl (C=O) groups is 1. The van der Waals surface area contributed by atoms with Gasteiger partial charge in [0.05, 0.1) is 24.7 Å². The molecule has 162 valence electrons. The van der Waals surface area contributed by atoms with Gasteiger partial charge < -0.3 is 20.1 Å². The Morgan fingerprint density at radius 3 is 2.83 bits per heavy atom. The number of ether oxygens (including phenoxy) is 2. The van der Waals surface area contributed by atoms with E-state index in [1.54, 1.807) is 0 Å². The van der Waals surface area contributed by atoms with Crippen LogP contribution in [-0.4, -0.2) is 47.0 Å².